The largest absolute Gasteiger partial charge is 0.387 e. The van der Waals surface area contributed by atoms with Crippen molar-refractivity contribution in [3.05, 3.63) is 35.9 Å². The third kappa shape index (κ3) is 3.27. The Morgan fingerprint density at radius 3 is 2.68 bits per heavy atom. The predicted molar refractivity (Wildman–Crippen MR) is 81.1 cm³/mol. The van der Waals surface area contributed by atoms with E-state index in [9.17, 15) is 9.59 Å². The lowest BCUT2D eigenvalue weighted by molar-refractivity contribution is -0.130. The van der Waals surface area contributed by atoms with Gasteiger partial charge in [-0.3, -0.25) is 9.59 Å². The number of carbonyl (C=O) groups is 2. The van der Waals surface area contributed by atoms with E-state index >= 15 is 0 Å². The van der Waals surface area contributed by atoms with Crippen LogP contribution in [0.25, 0.3) is 0 Å². The number of likely N-dealkylation sites (tertiary alicyclic amines) is 1. The summed E-state index contributed by atoms with van der Waals surface area (Å²) in [4.78, 5) is 31.0. The van der Waals surface area contributed by atoms with Crippen LogP contribution in [0.1, 0.15) is 30.9 Å². The van der Waals surface area contributed by atoms with Gasteiger partial charge in [-0.1, -0.05) is 35.5 Å². The third-order valence-electron chi connectivity index (χ3n) is 3.96. The van der Waals surface area contributed by atoms with Crippen molar-refractivity contribution in [2.24, 2.45) is 5.16 Å². The summed E-state index contributed by atoms with van der Waals surface area (Å²) >= 11 is 0. The van der Waals surface area contributed by atoms with Crippen LogP contribution in [0.4, 0.5) is 0 Å². The predicted octanol–water partition coefficient (Wildman–Crippen LogP) is 1.24. The highest BCUT2D eigenvalue weighted by Crippen LogP contribution is 2.26. The Morgan fingerprint density at radius 2 is 1.95 bits per heavy atom. The lowest BCUT2D eigenvalue weighted by atomic mass is 10.0. The molecule has 6 nitrogen and oxygen atoms in total. The fraction of sp³-hybridized carbons (Fsp3) is 0.438. The lowest BCUT2D eigenvalue weighted by Gasteiger charge is -2.15. The Balaban J connectivity index is 1.48. The van der Waals surface area contributed by atoms with Crippen LogP contribution in [-0.4, -0.2) is 42.1 Å². The van der Waals surface area contributed by atoms with Crippen LogP contribution in [0.3, 0.4) is 0 Å². The van der Waals surface area contributed by atoms with Crippen molar-refractivity contribution in [3.63, 3.8) is 0 Å². The molecule has 3 rings (SSSR count). The molecule has 0 aromatic heterocycles. The molecule has 6 heteroatoms. The van der Waals surface area contributed by atoms with E-state index in [2.05, 4.69) is 10.5 Å². The Hall–Kier alpha value is -2.37. The molecule has 0 spiro atoms. The van der Waals surface area contributed by atoms with Gasteiger partial charge >= 0.3 is 0 Å². The van der Waals surface area contributed by atoms with Gasteiger partial charge in [0.05, 0.1) is 6.54 Å². The third-order valence-corrected chi connectivity index (χ3v) is 3.96. The number of carbonyl (C=O) groups excluding carboxylic acids is 2. The molecule has 2 amide bonds. The van der Waals surface area contributed by atoms with Crippen molar-refractivity contribution < 1.29 is 14.4 Å². The van der Waals surface area contributed by atoms with E-state index < -0.39 is 0 Å². The summed E-state index contributed by atoms with van der Waals surface area (Å²) in [6, 6.07) is 9.66. The van der Waals surface area contributed by atoms with E-state index in [1.54, 1.807) is 4.90 Å². The van der Waals surface area contributed by atoms with Crippen LogP contribution < -0.4 is 5.32 Å². The first-order chi connectivity index (χ1) is 10.7. The topological polar surface area (TPSA) is 71.0 Å². The molecule has 1 fully saturated rings. The molecule has 2 aliphatic rings. The maximum absolute atomic E-state index is 12.0. The van der Waals surface area contributed by atoms with Gasteiger partial charge in [0.15, 0.2) is 6.10 Å². The molecule has 1 unspecified atom stereocenters. The molecule has 116 valence electrons. The van der Waals surface area contributed by atoms with Crippen LogP contribution in [0.15, 0.2) is 35.5 Å². The summed E-state index contributed by atoms with van der Waals surface area (Å²) in [5.41, 5.74) is 1.32. The molecular formula is C16H19N3O3. The molecule has 0 aliphatic carbocycles. The Kier molecular flexibility index (Phi) is 4.37. The highest BCUT2D eigenvalue weighted by atomic mass is 16.6. The van der Waals surface area contributed by atoms with Gasteiger partial charge in [0.25, 0.3) is 5.91 Å². The minimum Gasteiger partial charge on any atom is -0.387 e. The van der Waals surface area contributed by atoms with Crippen molar-refractivity contribution in [3.8, 4) is 0 Å². The number of hydrogen-bond donors (Lipinski definition) is 1. The number of nitrogens with one attached hydrogen (secondary N) is 1. The molecule has 0 bridgehead atoms. The maximum Gasteiger partial charge on any atom is 0.269 e. The van der Waals surface area contributed by atoms with E-state index in [1.807, 2.05) is 30.3 Å². The molecule has 1 aromatic rings. The Morgan fingerprint density at radius 1 is 1.23 bits per heavy atom. The van der Waals surface area contributed by atoms with Crippen molar-refractivity contribution in [2.75, 3.05) is 19.6 Å². The van der Waals surface area contributed by atoms with E-state index in [-0.39, 0.29) is 24.5 Å². The van der Waals surface area contributed by atoms with Crippen molar-refractivity contribution >= 4 is 17.5 Å². The van der Waals surface area contributed by atoms with Gasteiger partial charge in [-0.05, 0) is 18.4 Å². The molecule has 2 heterocycles. The van der Waals surface area contributed by atoms with Crippen molar-refractivity contribution in [1.29, 1.82) is 0 Å². The molecule has 1 saturated heterocycles. The second-order valence-corrected chi connectivity index (χ2v) is 5.52. The van der Waals surface area contributed by atoms with E-state index in [0.29, 0.717) is 12.1 Å². The SMILES string of the molecule is O=C(NCC(=O)N1CCCC1)C1=NOC(c2ccccc2)C1. The summed E-state index contributed by atoms with van der Waals surface area (Å²) in [6.45, 7) is 1.59. The molecule has 22 heavy (non-hydrogen) atoms. The first-order valence-corrected chi connectivity index (χ1v) is 7.57. The zero-order valence-electron chi connectivity index (χ0n) is 12.3. The Bertz CT molecular complexity index is 580. The first-order valence-electron chi connectivity index (χ1n) is 7.57. The van der Waals surface area contributed by atoms with Crippen LogP contribution in [0.2, 0.25) is 0 Å². The van der Waals surface area contributed by atoms with Crippen LogP contribution >= 0.6 is 0 Å². The van der Waals surface area contributed by atoms with Crippen LogP contribution in [-0.2, 0) is 14.4 Å². The monoisotopic (exact) mass is 301 g/mol. The molecule has 2 aliphatic heterocycles. The van der Waals surface area contributed by atoms with Gasteiger partial charge in [-0.25, -0.2) is 0 Å². The number of benzene rings is 1. The van der Waals surface area contributed by atoms with E-state index in [1.165, 1.54) is 0 Å². The normalized spacial score (nSPS) is 20.5. The second kappa shape index (κ2) is 6.60. The quantitative estimate of drug-likeness (QED) is 0.909. The number of rotatable bonds is 4. The van der Waals surface area contributed by atoms with Gasteiger partial charge in [-0.2, -0.15) is 0 Å². The smallest absolute Gasteiger partial charge is 0.269 e. The molecule has 1 aromatic carbocycles. The van der Waals surface area contributed by atoms with Gasteiger partial charge < -0.3 is 15.1 Å². The fourth-order valence-electron chi connectivity index (χ4n) is 2.69. The Labute approximate surface area is 129 Å². The number of oxime groups is 1. The van der Waals surface area contributed by atoms with Crippen LogP contribution in [0.5, 0.6) is 0 Å². The number of nitrogens with zero attached hydrogens (tertiary/aromatic N) is 2. The van der Waals surface area contributed by atoms with Gasteiger partial charge in [0.2, 0.25) is 5.91 Å². The zero-order chi connectivity index (χ0) is 15.4. The molecule has 1 N–H and O–H groups in total. The lowest BCUT2D eigenvalue weighted by Crippen LogP contribution is -2.40. The standard InChI is InChI=1S/C16H19N3O3/c20-15(19-8-4-5-9-19)11-17-16(21)13-10-14(22-18-13)12-6-2-1-3-7-12/h1-3,6-7,14H,4-5,8-11H2,(H,17,21). The summed E-state index contributed by atoms with van der Waals surface area (Å²) in [5, 5.41) is 6.48. The minimum atomic E-state index is -0.328. The average molecular weight is 301 g/mol. The highest BCUT2D eigenvalue weighted by molar-refractivity contribution is 6.39. The second-order valence-electron chi connectivity index (χ2n) is 5.52. The van der Waals surface area contributed by atoms with Gasteiger partial charge in [0, 0.05) is 19.5 Å². The number of hydrogen-bond acceptors (Lipinski definition) is 4. The first kappa shape index (κ1) is 14.6. The zero-order valence-corrected chi connectivity index (χ0v) is 12.3. The van der Waals surface area contributed by atoms with E-state index in [4.69, 9.17) is 4.84 Å². The molecule has 0 saturated carbocycles. The summed E-state index contributed by atoms with van der Waals surface area (Å²) in [6.07, 6.45) is 2.28. The van der Waals surface area contributed by atoms with Gasteiger partial charge in [-0.15, -0.1) is 0 Å². The maximum atomic E-state index is 12.0. The average Bonchev–Trinajstić information content (AvgIpc) is 3.24. The summed E-state index contributed by atoms with van der Waals surface area (Å²) in [7, 11) is 0. The van der Waals surface area contributed by atoms with Gasteiger partial charge in [0.1, 0.15) is 5.71 Å². The van der Waals surface area contributed by atoms with Crippen molar-refractivity contribution in [2.45, 2.75) is 25.4 Å². The molecule has 0 radical (unpaired) electrons. The fourth-order valence-corrected chi connectivity index (χ4v) is 2.69. The molecule has 1 atom stereocenters. The van der Waals surface area contributed by atoms with Crippen LogP contribution in [0, 0.1) is 0 Å². The van der Waals surface area contributed by atoms with Crippen molar-refractivity contribution in [1.82, 2.24) is 10.2 Å². The minimum absolute atomic E-state index is 0.0217. The number of amides is 2. The van der Waals surface area contributed by atoms with E-state index in [0.717, 1.165) is 31.5 Å². The highest BCUT2D eigenvalue weighted by Gasteiger charge is 2.28. The summed E-state index contributed by atoms with van der Waals surface area (Å²) < 4.78 is 0. The summed E-state index contributed by atoms with van der Waals surface area (Å²) in [5.74, 6) is -0.365. The molecular weight excluding hydrogens is 282 g/mol.